The minimum Gasteiger partial charge on any atom is -0.487 e. The molecule has 3 rings (SSSR count). The van der Waals surface area contributed by atoms with Crippen LogP contribution in [0.1, 0.15) is 16.8 Å². The van der Waals surface area contributed by atoms with Gasteiger partial charge in [0.05, 0.1) is 5.52 Å². The first-order valence-electron chi connectivity index (χ1n) is 6.46. The third-order valence-electron chi connectivity index (χ3n) is 3.45. The Balaban J connectivity index is 1.87. The smallest absolute Gasteiger partial charge is 0.147 e. The lowest BCUT2D eigenvalue weighted by atomic mass is 10.2. The van der Waals surface area contributed by atoms with E-state index in [2.05, 4.69) is 16.9 Å². The van der Waals surface area contributed by atoms with Crippen molar-refractivity contribution in [2.75, 3.05) is 0 Å². The fourth-order valence-corrected chi connectivity index (χ4v) is 2.30. The molecule has 4 heteroatoms. The molecule has 0 spiro atoms. The van der Waals surface area contributed by atoms with E-state index in [1.165, 1.54) is 0 Å². The summed E-state index contributed by atoms with van der Waals surface area (Å²) in [7, 11) is 0. The van der Waals surface area contributed by atoms with Crippen molar-refractivity contribution in [1.29, 1.82) is 0 Å². The first kappa shape index (κ1) is 13.0. The summed E-state index contributed by atoms with van der Waals surface area (Å²) in [5.41, 5.74) is 5.29. The molecule has 0 fully saturated rings. The van der Waals surface area contributed by atoms with Crippen LogP contribution in [0.25, 0.3) is 11.0 Å². The Labute approximate surface area is 122 Å². The highest BCUT2D eigenvalue weighted by Gasteiger charge is 2.10. The Kier molecular flexibility index (Phi) is 3.36. The van der Waals surface area contributed by atoms with Crippen molar-refractivity contribution in [3.05, 3.63) is 58.4 Å². The molecule has 0 aliphatic heterocycles. The molecule has 0 atom stereocenters. The van der Waals surface area contributed by atoms with E-state index >= 15 is 0 Å². The van der Waals surface area contributed by atoms with Crippen molar-refractivity contribution < 1.29 is 4.74 Å². The monoisotopic (exact) mass is 286 g/mol. The maximum absolute atomic E-state index is 5.90. The highest BCUT2D eigenvalue weighted by molar-refractivity contribution is 6.30. The van der Waals surface area contributed by atoms with Gasteiger partial charge in [-0.1, -0.05) is 23.7 Å². The summed E-state index contributed by atoms with van der Waals surface area (Å²) >= 11 is 5.87. The lowest BCUT2D eigenvalue weighted by molar-refractivity contribution is 0.309. The molecular formula is C16H15ClN2O. The number of rotatable bonds is 3. The molecule has 2 heterocycles. The van der Waals surface area contributed by atoms with Crippen LogP contribution in [0.2, 0.25) is 5.02 Å². The SMILES string of the molecule is Cc1[nH]c2c(OCc3ccc(Cl)cc3)ccnc2c1C. The Morgan fingerprint density at radius 2 is 1.90 bits per heavy atom. The zero-order valence-corrected chi connectivity index (χ0v) is 12.2. The number of ether oxygens (including phenoxy) is 1. The van der Waals surface area contributed by atoms with E-state index in [9.17, 15) is 0 Å². The number of fused-ring (bicyclic) bond motifs is 1. The Morgan fingerprint density at radius 3 is 2.65 bits per heavy atom. The van der Waals surface area contributed by atoms with E-state index in [1.807, 2.05) is 37.3 Å². The second-order valence-electron chi connectivity index (χ2n) is 4.82. The lowest BCUT2D eigenvalue weighted by Crippen LogP contribution is -1.96. The van der Waals surface area contributed by atoms with Crippen molar-refractivity contribution in [3.63, 3.8) is 0 Å². The molecule has 1 aromatic carbocycles. The largest absolute Gasteiger partial charge is 0.487 e. The Morgan fingerprint density at radius 1 is 1.15 bits per heavy atom. The number of halogens is 1. The third-order valence-corrected chi connectivity index (χ3v) is 3.70. The highest BCUT2D eigenvalue weighted by atomic mass is 35.5. The molecule has 0 saturated heterocycles. The van der Waals surface area contributed by atoms with Crippen LogP contribution in [-0.2, 0) is 6.61 Å². The second kappa shape index (κ2) is 5.17. The molecule has 2 aromatic heterocycles. The molecule has 0 bridgehead atoms. The summed E-state index contributed by atoms with van der Waals surface area (Å²) in [4.78, 5) is 7.73. The number of H-pyrrole nitrogens is 1. The van der Waals surface area contributed by atoms with Crippen LogP contribution in [0, 0.1) is 13.8 Å². The fourth-order valence-electron chi connectivity index (χ4n) is 2.17. The number of benzene rings is 1. The molecular weight excluding hydrogens is 272 g/mol. The summed E-state index contributed by atoms with van der Waals surface area (Å²) in [6, 6.07) is 9.54. The number of nitrogens with one attached hydrogen (secondary N) is 1. The standard InChI is InChI=1S/C16H15ClN2O/c1-10-11(2)19-16-14(7-8-18-15(10)16)20-9-12-3-5-13(17)6-4-12/h3-8,19H,9H2,1-2H3. The number of hydrogen-bond acceptors (Lipinski definition) is 2. The van der Waals surface area contributed by atoms with Gasteiger partial charge in [-0.15, -0.1) is 0 Å². The molecule has 102 valence electrons. The normalized spacial score (nSPS) is 10.9. The van der Waals surface area contributed by atoms with Crippen molar-refractivity contribution >= 4 is 22.6 Å². The van der Waals surface area contributed by atoms with E-state index < -0.39 is 0 Å². The minimum atomic E-state index is 0.507. The predicted octanol–water partition coefficient (Wildman–Crippen LogP) is 4.41. The Hall–Kier alpha value is -2.00. The van der Waals surface area contributed by atoms with Crippen LogP contribution in [-0.4, -0.2) is 9.97 Å². The number of aryl methyl sites for hydroxylation is 2. The van der Waals surface area contributed by atoms with Gasteiger partial charge in [0.15, 0.2) is 0 Å². The molecule has 0 aliphatic rings. The van der Waals surface area contributed by atoms with Gasteiger partial charge in [-0.05, 0) is 37.1 Å². The molecule has 0 radical (unpaired) electrons. The third kappa shape index (κ3) is 2.37. The first-order chi connectivity index (χ1) is 9.65. The molecule has 20 heavy (non-hydrogen) atoms. The number of pyridine rings is 1. The average Bonchev–Trinajstić information content (AvgIpc) is 2.75. The van der Waals surface area contributed by atoms with Gasteiger partial charge in [0.1, 0.15) is 17.9 Å². The zero-order valence-electron chi connectivity index (χ0n) is 11.4. The van der Waals surface area contributed by atoms with Gasteiger partial charge < -0.3 is 9.72 Å². The van der Waals surface area contributed by atoms with Gasteiger partial charge >= 0.3 is 0 Å². The van der Waals surface area contributed by atoms with Gasteiger partial charge in [0.2, 0.25) is 0 Å². The quantitative estimate of drug-likeness (QED) is 0.774. The highest BCUT2D eigenvalue weighted by Crippen LogP contribution is 2.27. The maximum Gasteiger partial charge on any atom is 0.147 e. The second-order valence-corrected chi connectivity index (χ2v) is 5.26. The summed E-state index contributed by atoms with van der Waals surface area (Å²) in [5.74, 6) is 0.821. The molecule has 3 nitrogen and oxygen atoms in total. The van der Waals surface area contributed by atoms with Gasteiger partial charge in [-0.3, -0.25) is 4.98 Å². The fraction of sp³-hybridized carbons (Fsp3) is 0.188. The molecule has 0 aliphatic carbocycles. The van der Waals surface area contributed by atoms with Crippen LogP contribution in [0.5, 0.6) is 5.75 Å². The van der Waals surface area contributed by atoms with Crippen LogP contribution >= 0.6 is 11.6 Å². The van der Waals surface area contributed by atoms with Crippen molar-refractivity contribution in [3.8, 4) is 5.75 Å². The minimum absolute atomic E-state index is 0.507. The van der Waals surface area contributed by atoms with Gasteiger partial charge in [0, 0.05) is 23.0 Å². The van der Waals surface area contributed by atoms with Gasteiger partial charge in [-0.25, -0.2) is 0 Å². The van der Waals surface area contributed by atoms with E-state index in [-0.39, 0.29) is 0 Å². The van der Waals surface area contributed by atoms with Crippen molar-refractivity contribution in [2.45, 2.75) is 20.5 Å². The van der Waals surface area contributed by atoms with Crippen LogP contribution < -0.4 is 4.74 Å². The van der Waals surface area contributed by atoms with Crippen LogP contribution in [0.15, 0.2) is 36.5 Å². The van der Waals surface area contributed by atoms with E-state index in [0.717, 1.165) is 38.6 Å². The maximum atomic E-state index is 5.90. The van der Waals surface area contributed by atoms with Gasteiger partial charge in [0.25, 0.3) is 0 Å². The topological polar surface area (TPSA) is 37.9 Å². The summed E-state index contributed by atoms with van der Waals surface area (Å²) in [6.45, 7) is 4.61. The lowest BCUT2D eigenvalue weighted by Gasteiger charge is -2.07. The molecule has 0 saturated carbocycles. The predicted molar refractivity (Wildman–Crippen MR) is 81.4 cm³/mol. The van der Waals surface area contributed by atoms with E-state index in [4.69, 9.17) is 16.3 Å². The summed E-state index contributed by atoms with van der Waals surface area (Å²) in [5, 5.41) is 0.732. The number of aromatic amines is 1. The first-order valence-corrected chi connectivity index (χ1v) is 6.84. The van der Waals surface area contributed by atoms with E-state index in [1.54, 1.807) is 6.20 Å². The molecule has 3 aromatic rings. The molecule has 0 amide bonds. The molecule has 0 unspecified atom stereocenters. The van der Waals surface area contributed by atoms with Crippen LogP contribution in [0.4, 0.5) is 0 Å². The number of nitrogens with zero attached hydrogens (tertiary/aromatic N) is 1. The molecule has 1 N–H and O–H groups in total. The van der Waals surface area contributed by atoms with E-state index in [0.29, 0.717) is 6.61 Å². The van der Waals surface area contributed by atoms with Gasteiger partial charge in [-0.2, -0.15) is 0 Å². The number of hydrogen-bond donors (Lipinski definition) is 1. The van der Waals surface area contributed by atoms with Crippen molar-refractivity contribution in [2.24, 2.45) is 0 Å². The zero-order chi connectivity index (χ0) is 14.1. The Bertz CT molecular complexity index is 747. The summed E-state index contributed by atoms with van der Waals surface area (Å²) < 4.78 is 5.90. The van der Waals surface area contributed by atoms with Crippen LogP contribution in [0.3, 0.4) is 0 Å². The summed E-state index contributed by atoms with van der Waals surface area (Å²) in [6.07, 6.45) is 1.78. The average molecular weight is 287 g/mol. The van der Waals surface area contributed by atoms with Crippen molar-refractivity contribution in [1.82, 2.24) is 9.97 Å². The number of aromatic nitrogens is 2.